The van der Waals surface area contributed by atoms with Crippen LogP contribution in [0, 0.1) is 0 Å². The Hall–Kier alpha value is -1.34. The van der Waals surface area contributed by atoms with Crippen LogP contribution in [0.15, 0.2) is 32.8 Å². The van der Waals surface area contributed by atoms with Crippen molar-refractivity contribution >= 4 is 44.5 Å². The quantitative estimate of drug-likeness (QED) is 0.716. The number of hydrazone groups is 1. The number of hydrogen-bond donors (Lipinski definition) is 1. The molecule has 1 aromatic carbocycles. The molecule has 7 heteroatoms. The number of unbranched alkanes of at least 4 members (excludes halogenated alkanes) is 3. The topological polar surface area (TPSA) is 57.1 Å². The molecule has 25 heavy (non-hydrogen) atoms. The van der Waals surface area contributed by atoms with Gasteiger partial charge in [0.05, 0.1) is 5.36 Å². The molecule has 0 unspecified atom stereocenters. The Morgan fingerprint density at radius 3 is 2.88 bits per heavy atom. The molecule has 2 heterocycles. The first-order chi connectivity index (χ1) is 12.1. The minimum absolute atomic E-state index is 0.0984. The predicted molar refractivity (Wildman–Crippen MR) is 106 cm³/mol. The maximum atomic E-state index is 12.8. The summed E-state index contributed by atoms with van der Waals surface area (Å²) in [4.78, 5) is 17.5. The second-order valence-corrected chi connectivity index (χ2v) is 8.14. The molecule has 0 radical (unpaired) electrons. The van der Waals surface area contributed by atoms with E-state index in [-0.39, 0.29) is 12.1 Å². The van der Waals surface area contributed by atoms with Gasteiger partial charge in [0, 0.05) is 15.4 Å². The molecule has 1 N–H and O–H groups in total. The smallest absolute Gasteiger partial charge is 0.276 e. The van der Waals surface area contributed by atoms with Crippen LogP contribution in [0.4, 0.5) is 0 Å². The molecule has 0 aromatic heterocycles. The Morgan fingerprint density at radius 1 is 1.28 bits per heavy atom. The van der Waals surface area contributed by atoms with Crippen LogP contribution in [0.3, 0.4) is 0 Å². The summed E-state index contributed by atoms with van der Waals surface area (Å²) in [5.41, 5.74) is 0.591. The Morgan fingerprint density at radius 2 is 2.12 bits per heavy atom. The average Bonchev–Trinajstić information content (AvgIpc) is 2.60. The zero-order chi connectivity index (χ0) is 17.8. The monoisotopic (exact) mass is 422 g/mol. The highest BCUT2D eigenvalue weighted by Gasteiger charge is 2.32. The summed E-state index contributed by atoms with van der Waals surface area (Å²) >= 11 is 5.10. The van der Waals surface area contributed by atoms with Crippen molar-refractivity contribution in [1.29, 1.82) is 0 Å². The van der Waals surface area contributed by atoms with Gasteiger partial charge in [0.2, 0.25) is 0 Å². The number of amides is 1. The number of halogens is 1. The fraction of sp³-hybridized carbons (Fsp3) is 0.500. The molecule has 2 aliphatic heterocycles. The van der Waals surface area contributed by atoms with E-state index in [4.69, 9.17) is 4.99 Å². The molecular weight excluding hydrogens is 400 g/mol. The fourth-order valence-corrected chi connectivity index (χ4v) is 4.16. The molecular formula is C18H23BrN4OS. The number of thioether (sulfide) groups is 1. The van der Waals surface area contributed by atoms with Gasteiger partial charge in [0.25, 0.3) is 5.91 Å². The maximum absolute atomic E-state index is 12.8. The van der Waals surface area contributed by atoms with E-state index in [2.05, 4.69) is 40.2 Å². The first-order valence-electron chi connectivity index (χ1n) is 8.83. The van der Waals surface area contributed by atoms with Crippen molar-refractivity contribution in [1.82, 2.24) is 10.3 Å². The van der Waals surface area contributed by atoms with Gasteiger partial charge < -0.3 is 0 Å². The molecule has 0 saturated heterocycles. The molecule has 0 fully saturated rings. The molecule has 1 aromatic rings. The SMILES string of the molecule is CCCCCCSC1=NN2C(=c3cc(Br)ccc3=N[C@@H]2CC)C(=O)N1. The van der Waals surface area contributed by atoms with Crippen LogP contribution in [0.25, 0.3) is 5.70 Å². The van der Waals surface area contributed by atoms with E-state index in [1.165, 1.54) is 19.3 Å². The predicted octanol–water partition coefficient (Wildman–Crippen LogP) is 2.94. The summed E-state index contributed by atoms with van der Waals surface area (Å²) in [6, 6.07) is 5.83. The van der Waals surface area contributed by atoms with Crippen molar-refractivity contribution in [2.45, 2.75) is 52.1 Å². The average molecular weight is 423 g/mol. The van der Waals surface area contributed by atoms with Gasteiger partial charge in [-0.05, 0) is 31.0 Å². The molecule has 1 atom stereocenters. The fourth-order valence-electron chi connectivity index (χ4n) is 2.95. The maximum Gasteiger partial charge on any atom is 0.276 e. The van der Waals surface area contributed by atoms with Gasteiger partial charge in [0.1, 0.15) is 11.9 Å². The lowest BCUT2D eigenvalue weighted by molar-refractivity contribution is -0.116. The molecule has 2 aliphatic rings. The minimum Gasteiger partial charge on any atom is -0.298 e. The first kappa shape index (κ1) is 18.5. The summed E-state index contributed by atoms with van der Waals surface area (Å²) in [5.74, 6) is 0.872. The third-order valence-electron chi connectivity index (χ3n) is 4.25. The van der Waals surface area contributed by atoms with Gasteiger partial charge in [0.15, 0.2) is 5.17 Å². The zero-order valence-corrected chi connectivity index (χ0v) is 17.0. The summed E-state index contributed by atoms with van der Waals surface area (Å²) < 4.78 is 0.928. The number of carbonyl (C=O) groups excluding carboxylic acids is 1. The van der Waals surface area contributed by atoms with Crippen molar-refractivity contribution in [3.05, 3.63) is 33.2 Å². The van der Waals surface area contributed by atoms with Gasteiger partial charge in [-0.3, -0.25) is 15.1 Å². The lowest BCUT2D eigenvalue weighted by Crippen LogP contribution is -2.52. The van der Waals surface area contributed by atoms with E-state index >= 15 is 0 Å². The third kappa shape index (κ3) is 4.08. The van der Waals surface area contributed by atoms with Crippen molar-refractivity contribution in [3.8, 4) is 0 Å². The van der Waals surface area contributed by atoms with Gasteiger partial charge in [-0.15, -0.1) is 5.10 Å². The molecule has 0 saturated carbocycles. The molecule has 3 rings (SSSR count). The molecule has 1 amide bonds. The number of hydrogen-bond acceptors (Lipinski definition) is 5. The second kappa shape index (κ2) is 8.36. The summed E-state index contributed by atoms with van der Waals surface area (Å²) in [6.07, 6.45) is 5.51. The summed E-state index contributed by atoms with van der Waals surface area (Å²) in [6.45, 7) is 4.27. The zero-order valence-electron chi connectivity index (χ0n) is 14.6. The normalized spacial score (nSPS) is 18.9. The second-order valence-electron chi connectivity index (χ2n) is 6.14. The van der Waals surface area contributed by atoms with Crippen LogP contribution in [0.1, 0.15) is 46.0 Å². The van der Waals surface area contributed by atoms with Crippen molar-refractivity contribution in [2.75, 3.05) is 5.75 Å². The van der Waals surface area contributed by atoms with Crippen LogP contribution in [-0.4, -0.2) is 28.0 Å². The number of nitrogens with one attached hydrogen (secondary N) is 1. The van der Waals surface area contributed by atoms with Crippen molar-refractivity contribution in [2.24, 2.45) is 10.1 Å². The number of fused-ring (bicyclic) bond motifs is 2. The van der Waals surface area contributed by atoms with E-state index in [0.29, 0.717) is 10.9 Å². The Labute approximate surface area is 160 Å². The van der Waals surface area contributed by atoms with E-state index in [9.17, 15) is 4.79 Å². The standard InChI is InChI=1S/C18H23BrN4OS/c1-3-5-6-7-10-25-18-21-17(24)16-13-11-12(19)8-9-14(13)20-15(4-2)23(16)22-18/h8-9,11,15H,3-7,10H2,1-2H3,(H,21,22,24)/t15-/m0/s1. The van der Waals surface area contributed by atoms with Gasteiger partial charge in [-0.25, -0.2) is 5.01 Å². The molecule has 134 valence electrons. The minimum atomic E-state index is -0.134. The summed E-state index contributed by atoms with van der Waals surface area (Å²) in [5, 5.41) is 11.8. The van der Waals surface area contributed by atoms with Crippen LogP contribution < -0.4 is 15.9 Å². The first-order valence-corrected chi connectivity index (χ1v) is 10.6. The highest BCUT2D eigenvalue weighted by atomic mass is 79.9. The van der Waals surface area contributed by atoms with Crippen LogP contribution in [-0.2, 0) is 4.79 Å². The largest absolute Gasteiger partial charge is 0.298 e. The van der Waals surface area contributed by atoms with Gasteiger partial charge in [-0.2, -0.15) is 0 Å². The highest BCUT2D eigenvalue weighted by molar-refractivity contribution is 9.10. The van der Waals surface area contributed by atoms with Crippen LogP contribution >= 0.6 is 27.7 Å². The van der Waals surface area contributed by atoms with Crippen LogP contribution in [0.2, 0.25) is 0 Å². The molecule has 0 aliphatic carbocycles. The number of nitrogens with zero attached hydrogens (tertiary/aromatic N) is 3. The van der Waals surface area contributed by atoms with Crippen LogP contribution in [0.5, 0.6) is 0 Å². The highest BCUT2D eigenvalue weighted by Crippen LogP contribution is 2.22. The molecule has 5 nitrogen and oxygen atoms in total. The van der Waals surface area contributed by atoms with E-state index in [1.54, 1.807) is 16.8 Å². The Balaban J connectivity index is 1.88. The third-order valence-corrected chi connectivity index (χ3v) is 5.69. The van der Waals surface area contributed by atoms with Crippen molar-refractivity contribution in [3.63, 3.8) is 0 Å². The Bertz CT molecular complexity index is 808. The number of amidine groups is 1. The number of benzene rings is 1. The number of rotatable bonds is 6. The Kier molecular flexibility index (Phi) is 6.17. The van der Waals surface area contributed by atoms with Gasteiger partial charge >= 0.3 is 0 Å². The summed E-state index contributed by atoms with van der Waals surface area (Å²) in [7, 11) is 0. The van der Waals surface area contributed by atoms with E-state index in [0.717, 1.165) is 33.6 Å². The van der Waals surface area contributed by atoms with Crippen molar-refractivity contribution < 1.29 is 4.79 Å². The van der Waals surface area contributed by atoms with E-state index < -0.39 is 0 Å². The lowest BCUT2D eigenvalue weighted by atomic mass is 10.1. The van der Waals surface area contributed by atoms with E-state index in [1.807, 2.05) is 18.2 Å². The lowest BCUT2D eigenvalue weighted by Gasteiger charge is -2.33. The number of carbonyl (C=O) groups is 1. The molecule has 0 bridgehead atoms. The van der Waals surface area contributed by atoms with Gasteiger partial charge in [-0.1, -0.05) is 60.8 Å². The molecule has 0 spiro atoms.